The first kappa shape index (κ1) is 22.7. The van der Waals surface area contributed by atoms with E-state index in [4.69, 9.17) is 4.74 Å². The standard InChI is InChI=1S/C21H26N6O.HI/c1-15-6-4-9-19(10-15)28-16(2)12-23-21(22-3)24-13-17-7-5-8-18(11-17)20-25-14-26-27-20;/h4-11,14,16H,12-13H2,1-3H3,(H2,22,23,24)(H,25,26,27);1H. The molecule has 3 aromatic rings. The van der Waals surface area contributed by atoms with E-state index in [1.165, 1.54) is 11.9 Å². The van der Waals surface area contributed by atoms with E-state index in [-0.39, 0.29) is 30.1 Å². The molecule has 0 amide bonds. The molecule has 0 aliphatic rings. The normalized spacial score (nSPS) is 12.0. The van der Waals surface area contributed by atoms with Crippen molar-refractivity contribution >= 4 is 29.9 Å². The molecule has 0 spiro atoms. The maximum atomic E-state index is 5.95. The molecule has 1 atom stereocenters. The molecule has 7 nitrogen and oxygen atoms in total. The van der Waals surface area contributed by atoms with Crippen molar-refractivity contribution in [1.82, 2.24) is 25.8 Å². The van der Waals surface area contributed by atoms with E-state index < -0.39 is 0 Å². The van der Waals surface area contributed by atoms with Gasteiger partial charge in [0, 0.05) is 19.2 Å². The van der Waals surface area contributed by atoms with Crippen molar-refractivity contribution in [2.45, 2.75) is 26.5 Å². The molecule has 154 valence electrons. The van der Waals surface area contributed by atoms with E-state index in [1.807, 2.05) is 37.3 Å². The van der Waals surface area contributed by atoms with Crippen LogP contribution in [0.25, 0.3) is 11.4 Å². The second kappa shape index (κ2) is 11.4. The van der Waals surface area contributed by atoms with Gasteiger partial charge in [0.05, 0.1) is 6.54 Å². The largest absolute Gasteiger partial charge is 0.489 e. The van der Waals surface area contributed by atoms with Crippen molar-refractivity contribution in [1.29, 1.82) is 0 Å². The van der Waals surface area contributed by atoms with E-state index in [2.05, 4.69) is 55.9 Å². The lowest BCUT2D eigenvalue weighted by Crippen LogP contribution is -2.41. The maximum absolute atomic E-state index is 5.95. The van der Waals surface area contributed by atoms with E-state index in [0.29, 0.717) is 13.1 Å². The second-order valence-corrected chi connectivity index (χ2v) is 6.59. The number of aromatic amines is 1. The molecule has 2 aromatic carbocycles. The minimum absolute atomic E-state index is 0. The summed E-state index contributed by atoms with van der Waals surface area (Å²) in [7, 11) is 1.76. The molecule has 0 fully saturated rings. The minimum Gasteiger partial charge on any atom is -0.489 e. The van der Waals surface area contributed by atoms with Gasteiger partial charge in [-0.25, -0.2) is 4.98 Å². The zero-order valence-corrected chi connectivity index (χ0v) is 19.2. The Hall–Kier alpha value is -2.62. The molecule has 0 radical (unpaired) electrons. The molecule has 29 heavy (non-hydrogen) atoms. The third-order valence-electron chi connectivity index (χ3n) is 4.18. The Morgan fingerprint density at radius 3 is 2.72 bits per heavy atom. The van der Waals surface area contributed by atoms with Gasteiger partial charge in [0.2, 0.25) is 0 Å². The summed E-state index contributed by atoms with van der Waals surface area (Å²) in [5, 5.41) is 13.4. The van der Waals surface area contributed by atoms with Gasteiger partial charge in [0.1, 0.15) is 18.2 Å². The summed E-state index contributed by atoms with van der Waals surface area (Å²) in [5.74, 6) is 2.36. The van der Waals surface area contributed by atoms with Gasteiger partial charge < -0.3 is 15.4 Å². The zero-order chi connectivity index (χ0) is 19.8. The van der Waals surface area contributed by atoms with E-state index in [1.54, 1.807) is 7.05 Å². The van der Waals surface area contributed by atoms with Crippen LogP contribution in [0.3, 0.4) is 0 Å². The van der Waals surface area contributed by atoms with Crippen LogP contribution in [0, 0.1) is 6.92 Å². The lowest BCUT2D eigenvalue weighted by molar-refractivity contribution is 0.223. The Labute approximate surface area is 188 Å². The van der Waals surface area contributed by atoms with Crippen LogP contribution >= 0.6 is 24.0 Å². The van der Waals surface area contributed by atoms with Gasteiger partial charge in [-0.2, -0.15) is 5.10 Å². The van der Waals surface area contributed by atoms with Gasteiger partial charge >= 0.3 is 0 Å². The number of nitrogens with one attached hydrogen (secondary N) is 3. The van der Waals surface area contributed by atoms with Gasteiger partial charge in [-0.1, -0.05) is 30.3 Å². The van der Waals surface area contributed by atoms with Crippen molar-refractivity contribution in [2.75, 3.05) is 13.6 Å². The fourth-order valence-corrected chi connectivity index (χ4v) is 2.78. The van der Waals surface area contributed by atoms with Crippen molar-refractivity contribution in [3.63, 3.8) is 0 Å². The topological polar surface area (TPSA) is 87.2 Å². The first-order valence-electron chi connectivity index (χ1n) is 9.26. The number of ether oxygens (including phenoxy) is 1. The highest BCUT2D eigenvalue weighted by atomic mass is 127. The fraction of sp³-hybridized carbons (Fsp3) is 0.286. The van der Waals surface area contributed by atoms with Gasteiger partial charge in [0.25, 0.3) is 0 Å². The van der Waals surface area contributed by atoms with Crippen LogP contribution in [0.15, 0.2) is 59.9 Å². The Kier molecular flexibility index (Phi) is 8.91. The third-order valence-corrected chi connectivity index (χ3v) is 4.18. The van der Waals surface area contributed by atoms with Crippen molar-refractivity contribution < 1.29 is 4.74 Å². The molecule has 0 saturated carbocycles. The maximum Gasteiger partial charge on any atom is 0.191 e. The van der Waals surface area contributed by atoms with Crippen LogP contribution in [-0.2, 0) is 6.54 Å². The van der Waals surface area contributed by atoms with E-state index in [9.17, 15) is 0 Å². The molecule has 0 saturated heterocycles. The monoisotopic (exact) mass is 506 g/mol. The number of halogens is 1. The van der Waals surface area contributed by atoms with Gasteiger partial charge in [-0.15, -0.1) is 24.0 Å². The molecule has 1 heterocycles. The summed E-state index contributed by atoms with van der Waals surface area (Å²) < 4.78 is 5.95. The molecule has 0 bridgehead atoms. The number of aryl methyl sites for hydroxylation is 1. The van der Waals surface area contributed by atoms with Crippen LogP contribution in [0.1, 0.15) is 18.1 Å². The lowest BCUT2D eigenvalue weighted by Gasteiger charge is -2.18. The number of aliphatic imine (C=N–C) groups is 1. The number of guanidine groups is 1. The Balaban J connectivity index is 0.00000300. The van der Waals surface area contributed by atoms with Gasteiger partial charge in [0.15, 0.2) is 11.8 Å². The summed E-state index contributed by atoms with van der Waals surface area (Å²) in [6.07, 6.45) is 1.52. The highest BCUT2D eigenvalue weighted by Gasteiger charge is 2.07. The predicted molar refractivity (Wildman–Crippen MR) is 127 cm³/mol. The number of hydrogen-bond donors (Lipinski definition) is 3. The molecule has 1 unspecified atom stereocenters. The van der Waals surface area contributed by atoms with Crippen LogP contribution in [0.4, 0.5) is 0 Å². The third kappa shape index (κ3) is 7.04. The molecule has 0 aliphatic heterocycles. The van der Waals surface area contributed by atoms with Gasteiger partial charge in [-0.05, 0) is 43.2 Å². The van der Waals surface area contributed by atoms with E-state index >= 15 is 0 Å². The molecule has 1 aromatic heterocycles. The molecule has 3 N–H and O–H groups in total. The first-order valence-corrected chi connectivity index (χ1v) is 9.26. The number of H-pyrrole nitrogens is 1. The summed E-state index contributed by atoms with van der Waals surface area (Å²) in [6, 6.07) is 16.2. The summed E-state index contributed by atoms with van der Waals surface area (Å²) in [4.78, 5) is 8.47. The number of nitrogens with zero attached hydrogens (tertiary/aromatic N) is 3. The van der Waals surface area contributed by atoms with Crippen molar-refractivity contribution in [3.05, 3.63) is 66.0 Å². The zero-order valence-electron chi connectivity index (χ0n) is 16.8. The fourth-order valence-electron chi connectivity index (χ4n) is 2.78. The van der Waals surface area contributed by atoms with Gasteiger partial charge in [-0.3, -0.25) is 10.1 Å². The van der Waals surface area contributed by atoms with E-state index in [0.717, 1.165) is 28.7 Å². The van der Waals surface area contributed by atoms with Crippen molar-refractivity contribution in [2.24, 2.45) is 4.99 Å². The number of benzene rings is 2. The quantitative estimate of drug-likeness (QED) is 0.259. The summed E-state index contributed by atoms with van der Waals surface area (Å²) in [6.45, 7) is 5.38. The summed E-state index contributed by atoms with van der Waals surface area (Å²) in [5.41, 5.74) is 3.31. The smallest absolute Gasteiger partial charge is 0.191 e. The highest BCUT2D eigenvalue weighted by molar-refractivity contribution is 14.0. The highest BCUT2D eigenvalue weighted by Crippen LogP contribution is 2.15. The van der Waals surface area contributed by atoms with Crippen LogP contribution < -0.4 is 15.4 Å². The first-order chi connectivity index (χ1) is 13.6. The SMILES string of the molecule is CN=C(NCc1cccc(-c2ncn[nH]2)c1)NCC(C)Oc1cccc(C)c1.I. The van der Waals surface area contributed by atoms with Crippen LogP contribution in [0.2, 0.25) is 0 Å². The van der Waals surface area contributed by atoms with Crippen molar-refractivity contribution in [3.8, 4) is 17.1 Å². The summed E-state index contributed by atoms with van der Waals surface area (Å²) >= 11 is 0. The Bertz CT molecular complexity index is 913. The van der Waals surface area contributed by atoms with Crippen LogP contribution in [0.5, 0.6) is 5.75 Å². The Morgan fingerprint density at radius 2 is 2.00 bits per heavy atom. The molecular formula is C21H27IN6O. The number of rotatable bonds is 7. The predicted octanol–water partition coefficient (Wildman–Crippen LogP) is 3.53. The second-order valence-electron chi connectivity index (χ2n) is 6.59. The minimum atomic E-state index is 0. The van der Waals surface area contributed by atoms with Crippen LogP contribution in [-0.4, -0.2) is 40.8 Å². The average Bonchev–Trinajstić information content (AvgIpc) is 3.23. The number of aromatic nitrogens is 3. The average molecular weight is 506 g/mol. The molecule has 8 heteroatoms. The number of hydrogen-bond acceptors (Lipinski definition) is 4. The Morgan fingerprint density at radius 1 is 1.17 bits per heavy atom. The molecule has 3 rings (SSSR count). The molecular weight excluding hydrogens is 479 g/mol. The molecule has 0 aliphatic carbocycles. The lowest BCUT2D eigenvalue weighted by atomic mass is 10.1.